The first-order valence-corrected chi connectivity index (χ1v) is 11.2. The van der Waals surface area contributed by atoms with E-state index in [1.807, 2.05) is 0 Å². The Morgan fingerprint density at radius 1 is 1.07 bits per heavy atom. The van der Waals surface area contributed by atoms with Crippen molar-refractivity contribution in [2.45, 2.75) is 22.8 Å². The number of rotatable bonds is 7. The number of carboxylic acid groups (broad SMARTS) is 2. The minimum absolute atomic E-state index is 0.0506. The minimum Gasteiger partial charge on any atom is -0.477 e. The lowest BCUT2D eigenvalue weighted by molar-refractivity contribution is -0.149. The normalized spacial score (nSPS) is 30.6. The van der Waals surface area contributed by atoms with Gasteiger partial charge in [0.2, 0.25) is 11.8 Å². The fourth-order valence-corrected chi connectivity index (χ4v) is 6.62. The second kappa shape index (κ2) is 7.89. The number of nitrogens with zero attached hydrogens (tertiary/aromatic N) is 2. The van der Waals surface area contributed by atoms with Gasteiger partial charge in [0.15, 0.2) is 0 Å². The summed E-state index contributed by atoms with van der Waals surface area (Å²) in [6.07, 6.45) is 0. The lowest BCUT2D eigenvalue weighted by Crippen LogP contribution is -2.70. The Morgan fingerprint density at radius 3 is 2.27 bits per heavy atom. The van der Waals surface area contributed by atoms with E-state index in [9.17, 15) is 29.4 Å². The highest BCUT2D eigenvalue weighted by Gasteiger charge is 2.54. The Labute approximate surface area is 179 Å². The molecule has 2 saturated heterocycles. The second-order valence-corrected chi connectivity index (χ2v) is 9.36. The summed E-state index contributed by atoms with van der Waals surface area (Å²) in [6.45, 7) is 0.223. The molecule has 0 aliphatic carbocycles. The van der Waals surface area contributed by atoms with E-state index in [2.05, 4.69) is 5.32 Å². The monoisotopic (exact) mass is 456 g/mol. The SMILES string of the molecule is COCC1=C(C(=O)O)N2C(=O)[C@@H](NCC3=C(C(=O)O)N4C(=O)[C@@H](N)[C@H]4SC3)[C@H]2SC1. The Bertz CT molecular complexity index is 905. The molecular formula is C17H20N4O7S2. The van der Waals surface area contributed by atoms with Crippen LogP contribution in [0.3, 0.4) is 0 Å². The van der Waals surface area contributed by atoms with Crippen LogP contribution in [0.2, 0.25) is 0 Å². The summed E-state index contributed by atoms with van der Waals surface area (Å²) in [5.74, 6) is -2.43. The molecule has 4 aliphatic heterocycles. The van der Waals surface area contributed by atoms with Gasteiger partial charge in [-0.2, -0.15) is 0 Å². The van der Waals surface area contributed by atoms with Gasteiger partial charge in [-0.1, -0.05) is 0 Å². The third-order valence-electron chi connectivity index (χ3n) is 5.39. The zero-order chi connectivity index (χ0) is 21.7. The number of carboxylic acids is 2. The molecule has 2 fully saturated rings. The molecule has 0 saturated carbocycles. The molecule has 0 bridgehead atoms. The maximum Gasteiger partial charge on any atom is 0.352 e. The first kappa shape index (κ1) is 21.2. The van der Waals surface area contributed by atoms with E-state index in [-0.39, 0.29) is 35.8 Å². The maximum atomic E-state index is 12.7. The first-order chi connectivity index (χ1) is 14.3. The minimum atomic E-state index is -1.22. The summed E-state index contributed by atoms with van der Waals surface area (Å²) in [6, 6.07) is -1.35. The molecule has 2 amide bonds. The largest absolute Gasteiger partial charge is 0.477 e. The number of hydrogen-bond acceptors (Lipinski definition) is 9. The number of nitrogens with two attached hydrogens (primary N) is 1. The number of carbonyl (C=O) groups is 4. The van der Waals surface area contributed by atoms with Crippen molar-refractivity contribution in [3.63, 3.8) is 0 Å². The molecule has 4 aliphatic rings. The summed E-state index contributed by atoms with van der Waals surface area (Å²) in [5, 5.41) is 21.4. The zero-order valence-corrected chi connectivity index (χ0v) is 17.5. The molecule has 4 rings (SSSR count). The van der Waals surface area contributed by atoms with E-state index in [1.54, 1.807) is 0 Å². The predicted molar refractivity (Wildman–Crippen MR) is 107 cm³/mol. The fourth-order valence-electron chi connectivity index (χ4n) is 3.97. The van der Waals surface area contributed by atoms with Gasteiger partial charge >= 0.3 is 11.9 Å². The Hall–Kier alpha value is -2.06. The number of β-lactam (4-membered cyclic amide) rings is 2. The summed E-state index contributed by atoms with van der Waals surface area (Å²) >= 11 is 2.81. The molecule has 0 aromatic heterocycles. The third kappa shape index (κ3) is 3.12. The molecule has 11 nitrogen and oxygen atoms in total. The number of hydrogen-bond donors (Lipinski definition) is 4. The van der Waals surface area contributed by atoms with Gasteiger partial charge in [-0.05, 0) is 11.1 Å². The number of amides is 2. The van der Waals surface area contributed by atoms with Crippen molar-refractivity contribution >= 4 is 47.3 Å². The van der Waals surface area contributed by atoms with Crippen molar-refractivity contribution in [2.75, 3.05) is 31.8 Å². The van der Waals surface area contributed by atoms with Gasteiger partial charge in [0, 0.05) is 25.2 Å². The molecular weight excluding hydrogens is 436 g/mol. The van der Waals surface area contributed by atoms with Crippen molar-refractivity contribution in [3.8, 4) is 0 Å². The number of fused-ring (bicyclic) bond motifs is 2. The lowest BCUT2D eigenvalue weighted by Gasteiger charge is -2.50. The molecule has 0 radical (unpaired) electrons. The summed E-state index contributed by atoms with van der Waals surface area (Å²) in [7, 11) is 1.46. The molecule has 0 aromatic rings. The third-order valence-corrected chi connectivity index (χ3v) is 8.10. The molecule has 0 aromatic carbocycles. The highest BCUT2D eigenvalue weighted by Crippen LogP contribution is 2.42. The van der Waals surface area contributed by atoms with Crippen molar-refractivity contribution in [1.82, 2.24) is 15.1 Å². The average molecular weight is 457 g/mol. The molecule has 13 heteroatoms. The van der Waals surface area contributed by atoms with Crippen molar-refractivity contribution < 1.29 is 34.1 Å². The van der Waals surface area contributed by atoms with E-state index in [4.69, 9.17) is 10.5 Å². The Morgan fingerprint density at radius 2 is 1.63 bits per heavy atom. The topological polar surface area (TPSA) is 162 Å². The van der Waals surface area contributed by atoms with Crippen LogP contribution in [0.4, 0.5) is 0 Å². The predicted octanol–water partition coefficient (Wildman–Crippen LogP) is -1.57. The van der Waals surface area contributed by atoms with Gasteiger partial charge in [0.1, 0.15) is 34.2 Å². The number of thioether (sulfide) groups is 2. The standard InChI is InChI=1S/C17H20N4O7S2/c1-28-3-7-5-30-15-9(13(23)21(15)11(7)17(26)27)19-2-6-4-29-14-8(18)12(22)20(14)10(6)16(24)25/h8-9,14-15,19H,2-5,18H2,1H3,(H,24,25)(H,26,27)/t8-,9-,14-,15-/m1/s1. The molecule has 4 atom stereocenters. The Kier molecular flexibility index (Phi) is 5.57. The van der Waals surface area contributed by atoms with E-state index >= 15 is 0 Å². The van der Waals surface area contributed by atoms with Crippen molar-refractivity contribution in [3.05, 3.63) is 22.5 Å². The number of carbonyl (C=O) groups excluding carboxylic acids is 2. The van der Waals surface area contributed by atoms with Crippen LogP contribution in [0.5, 0.6) is 0 Å². The number of aliphatic carboxylic acids is 2. The molecule has 0 unspecified atom stereocenters. The van der Waals surface area contributed by atoms with Crippen LogP contribution >= 0.6 is 23.5 Å². The van der Waals surface area contributed by atoms with E-state index in [0.29, 0.717) is 22.7 Å². The second-order valence-electron chi connectivity index (χ2n) is 7.15. The van der Waals surface area contributed by atoms with Gasteiger partial charge in [-0.25, -0.2) is 9.59 Å². The van der Waals surface area contributed by atoms with Gasteiger partial charge in [-0.15, -0.1) is 23.5 Å². The quantitative estimate of drug-likeness (QED) is 0.327. The van der Waals surface area contributed by atoms with Crippen LogP contribution in [0.25, 0.3) is 0 Å². The average Bonchev–Trinajstić information content (AvgIpc) is 2.72. The molecule has 5 N–H and O–H groups in total. The smallest absolute Gasteiger partial charge is 0.352 e. The molecule has 4 heterocycles. The molecule has 162 valence electrons. The number of ether oxygens (including phenoxy) is 1. The Balaban J connectivity index is 1.49. The van der Waals surface area contributed by atoms with Gasteiger partial charge < -0.3 is 20.7 Å². The van der Waals surface area contributed by atoms with Crippen molar-refractivity contribution in [1.29, 1.82) is 0 Å². The summed E-state index contributed by atoms with van der Waals surface area (Å²) in [4.78, 5) is 50.6. The van der Waals surface area contributed by atoms with Crippen LogP contribution < -0.4 is 11.1 Å². The fraction of sp³-hybridized carbons (Fsp3) is 0.529. The number of nitrogens with one attached hydrogen (secondary N) is 1. The van der Waals surface area contributed by atoms with Crippen LogP contribution in [0.1, 0.15) is 0 Å². The van der Waals surface area contributed by atoms with Crippen LogP contribution in [-0.4, -0.2) is 98.4 Å². The van der Waals surface area contributed by atoms with Gasteiger partial charge in [0.25, 0.3) is 0 Å². The lowest BCUT2D eigenvalue weighted by atomic mass is 10.0. The van der Waals surface area contributed by atoms with Gasteiger partial charge in [0.05, 0.1) is 6.61 Å². The highest BCUT2D eigenvalue weighted by atomic mass is 32.2. The van der Waals surface area contributed by atoms with Crippen LogP contribution in [0, 0.1) is 0 Å². The van der Waals surface area contributed by atoms with Gasteiger partial charge in [-0.3, -0.25) is 24.7 Å². The van der Waals surface area contributed by atoms with E-state index < -0.39 is 35.3 Å². The van der Waals surface area contributed by atoms with E-state index in [0.717, 1.165) is 0 Å². The van der Waals surface area contributed by atoms with Crippen LogP contribution in [-0.2, 0) is 23.9 Å². The summed E-state index contributed by atoms with van der Waals surface area (Å²) in [5.41, 5.74) is 6.63. The maximum absolute atomic E-state index is 12.7. The summed E-state index contributed by atoms with van der Waals surface area (Å²) < 4.78 is 5.04. The van der Waals surface area contributed by atoms with Crippen LogP contribution in [0.15, 0.2) is 22.5 Å². The van der Waals surface area contributed by atoms with Crippen molar-refractivity contribution in [2.24, 2.45) is 5.73 Å². The molecule has 30 heavy (non-hydrogen) atoms. The highest BCUT2D eigenvalue weighted by molar-refractivity contribution is 8.00. The zero-order valence-electron chi connectivity index (χ0n) is 15.9. The van der Waals surface area contributed by atoms with E-state index in [1.165, 1.54) is 40.4 Å². The number of methoxy groups -OCH3 is 1. The first-order valence-electron chi connectivity index (χ1n) is 9.05. The molecule has 0 spiro atoms.